The highest BCUT2D eigenvalue weighted by Crippen LogP contribution is 2.28. The summed E-state index contributed by atoms with van der Waals surface area (Å²) in [4.78, 5) is 23.1. The highest BCUT2D eigenvalue weighted by atomic mass is 16.5. The van der Waals surface area contributed by atoms with Crippen LogP contribution >= 0.6 is 0 Å². The van der Waals surface area contributed by atoms with E-state index in [0.29, 0.717) is 17.1 Å². The summed E-state index contributed by atoms with van der Waals surface area (Å²) < 4.78 is 5.20. The quantitative estimate of drug-likeness (QED) is 0.747. The lowest BCUT2D eigenvalue weighted by molar-refractivity contribution is -0.118. The summed E-state index contributed by atoms with van der Waals surface area (Å²) in [6.07, 6.45) is 0.833. The zero-order valence-electron chi connectivity index (χ0n) is 12.9. The van der Waals surface area contributed by atoms with E-state index >= 15 is 0 Å². The van der Waals surface area contributed by atoms with Gasteiger partial charge in [0, 0.05) is 18.7 Å². The van der Waals surface area contributed by atoms with Gasteiger partial charge < -0.3 is 21.1 Å². The molecule has 0 spiro atoms. The molecule has 0 heterocycles. The third-order valence-electron chi connectivity index (χ3n) is 3.34. The molecule has 1 aromatic rings. The number of nitrogens with one attached hydrogen (secondary N) is 2. The summed E-state index contributed by atoms with van der Waals surface area (Å²) in [6, 6.07) is 4.45. The lowest BCUT2D eigenvalue weighted by Gasteiger charge is -2.18. The maximum atomic E-state index is 12.0. The maximum Gasteiger partial charge on any atom is 0.241 e. The minimum Gasteiger partial charge on any atom is -0.494 e. The van der Waals surface area contributed by atoms with E-state index in [1.807, 2.05) is 13.8 Å². The predicted octanol–water partition coefficient (Wildman–Crippen LogP) is 1.97. The molecule has 0 aliphatic heterocycles. The van der Waals surface area contributed by atoms with E-state index in [1.54, 1.807) is 18.2 Å². The third-order valence-corrected chi connectivity index (χ3v) is 3.34. The van der Waals surface area contributed by atoms with Gasteiger partial charge in [0.05, 0.1) is 18.8 Å². The van der Waals surface area contributed by atoms with E-state index in [2.05, 4.69) is 10.6 Å². The Bertz CT molecular complexity index is 517. The number of methoxy groups -OCH3 is 1. The van der Waals surface area contributed by atoms with Gasteiger partial charge in [-0.15, -0.1) is 0 Å². The molecule has 0 radical (unpaired) electrons. The molecule has 4 N–H and O–H groups in total. The second-order valence-corrected chi connectivity index (χ2v) is 5.00. The van der Waals surface area contributed by atoms with Crippen LogP contribution in [0.2, 0.25) is 0 Å². The predicted molar refractivity (Wildman–Crippen MR) is 83.4 cm³/mol. The minimum atomic E-state index is -0.559. The molecule has 2 amide bonds. The number of amides is 2. The van der Waals surface area contributed by atoms with E-state index in [0.717, 1.165) is 6.42 Å². The number of benzene rings is 1. The Hall–Kier alpha value is -2.08. The van der Waals surface area contributed by atoms with E-state index < -0.39 is 6.04 Å². The number of anilines is 2. The molecule has 1 aromatic carbocycles. The van der Waals surface area contributed by atoms with Gasteiger partial charge in [-0.2, -0.15) is 0 Å². The maximum absolute atomic E-state index is 12.0. The highest BCUT2D eigenvalue weighted by Gasteiger charge is 2.19. The van der Waals surface area contributed by atoms with Crippen molar-refractivity contribution in [2.24, 2.45) is 11.7 Å². The second-order valence-electron chi connectivity index (χ2n) is 5.00. The summed E-state index contributed by atoms with van der Waals surface area (Å²) in [5, 5.41) is 5.41. The fourth-order valence-electron chi connectivity index (χ4n) is 1.80. The van der Waals surface area contributed by atoms with Crippen molar-refractivity contribution in [2.75, 3.05) is 17.7 Å². The molecular weight excluding hydrogens is 270 g/mol. The van der Waals surface area contributed by atoms with Gasteiger partial charge in [-0.1, -0.05) is 20.3 Å². The van der Waals surface area contributed by atoms with Gasteiger partial charge >= 0.3 is 0 Å². The van der Waals surface area contributed by atoms with Crippen LogP contribution in [0.5, 0.6) is 5.75 Å². The van der Waals surface area contributed by atoms with E-state index in [4.69, 9.17) is 10.5 Å². The molecule has 6 nitrogen and oxygen atoms in total. The fraction of sp³-hybridized carbons (Fsp3) is 0.467. The van der Waals surface area contributed by atoms with Crippen LogP contribution in [0.1, 0.15) is 27.2 Å². The van der Waals surface area contributed by atoms with Crippen LogP contribution in [0.25, 0.3) is 0 Å². The smallest absolute Gasteiger partial charge is 0.241 e. The number of hydrogen-bond acceptors (Lipinski definition) is 4. The molecule has 0 aliphatic carbocycles. The van der Waals surface area contributed by atoms with Gasteiger partial charge in [-0.05, 0) is 18.1 Å². The van der Waals surface area contributed by atoms with E-state index in [1.165, 1.54) is 14.0 Å². The van der Waals surface area contributed by atoms with Crippen LogP contribution in [0.4, 0.5) is 11.4 Å². The summed E-state index contributed by atoms with van der Waals surface area (Å²) in [5.41, 5.74) is 7.01. The van der Waals surface area contributed by atoms with E-state index in [-0.39, 0.29) is 17.7 Å². The van der Waals surface area contributed by atoms with Crippen LogP contribution < -0.4 is 21.1 Å². The molecule has 0 fully saturated rings. The first-order valence-corrected chi connectivity index (χ1v) is 6.91. The molecular formula is C15H23N3O3. The molecule has 0 bridgehead atoms. The fourth-order valence-corrected chi connectivity index (χ4v) is 1.80. The Morgan fingerprint density at radius 1 is 1.33 bits per heavy atom. The van der Waals surface area contributed by atoms with Gasteiger partial charge in [0.2, 0.25) is 11.8 Å². The van der Waals surface area contributed by atoms with Crippen LogP contribution in [0.15, 0.2) is 18.2 Å². The number of rotatable bonds is 6. The number of hydrogen-bond donors (Lipinski definition) is 3. The van der Waals surface area contributed by atoms with Crippen LogP contribution in [0, 0.1) is 5.92 Å². The normalized spacial score (nSPS) is 13.2. The average Bonchev–Trinajstić information content (AvgIpc) is 2.46. The first-order valence-electron chi connectivity index (χ1n) is 6.91. The van der Waals surface area contributed by atoms with Crippen molar-refractivity contribution in [3.63, 3.8) is 0 Å². The Balaban J connectivity index is 2.85. The van der Waals surface area contributed by atoms with Gasteiger partial charge in [-0.3, -0.25) is 9.59 Å². The van der Waals surface area contributed by atoms with Gasteiger partial charge in [0.15, 0.2) is 0 Å². The molecule has 0 aliphatic rings. The van der Waals surface area contributed by atoms with Crippen molar-refractivity contribution >= 4 is 23.2 Å². The summed E-state index contributed by atoms with van der Waals surface area (Å²) in [7, 11) is 1.50. The van der Waals surface area contributed by atoms with Crippen molar-refractivity contribution in [3.05, 3.63) is 18.2 Å². The van der Waals surface area contributed by atoms with Crippen LogP contribution in [-0.2, 0) is 9.59 Å². The highest BCUT2D eigenvalue weighted by molar-refractivity contribution is 5.96. The topological polar surface area (TPSA) is 93.5 Å². The van der Waals surface area contributed by atoms with Crippen molar-refractivity contribution in [3.8, 4) is 5.75 Å². The second kappa shape index (κ2) is 7.64. The third kappa shape index (κ3) is 4.75. The lowest BCUT2D eigenvalue weighted by atomic mass is 9.99. The Kier molecular flexibility index (Phi) is 6.17. The molecule has 0 saturated heterocycles. The Morgan fingerprint density at radius 2 is 2.00 bits per heavy atom. The van der Waals surface area contributed by atoms with E-state index in [9.17, 15) is 9.59 Å². The molecule has 21 heavy (non-hydrogen) atoms. The Morgan fingerprint density at radius 3 is 2.52 bits per heavy atom. The first kappa shape index (κ1) is 17.0. The molecule has 6 heteroatoms. The number of carbonyl (C=O) groups is 2. The lowest BCUT2D eigenvalue weighted by Crippen LogP contribution is -2.40. The van der Waals surface area contributed by atoms with Gasteiger partial charge in [0.25, 0.3) is 0 Å². The molecule has 0 aromatic heterocycles. The van der Waals surface area contributed by atoms with Crippen LogP contribution in [-0.4, -0.2) is 25.0 Å². The number of ether oxygens (including phenoxy) is 1. The molecule has 2 atom stereocenters. The first-order chi connectivity index (χ1) is 9.88. The SMILES string of the molecule is CCC(C)C(N)C(=O)Nc1ccc(NC(C)=O)c(OC)c1. The van der Waals surface area contributed by atoms with Crippen LogP contribution in [0.3, 0.4) is 0 Å². The summed E-state index contributed by atoms with van der Waals surface area (Å²) in [6.45, 7) is 5.34. The zero-order valence-corrected chi connectivity index (χ0v) is 12.9. The van der Waals surface area contributed by atoms with Crippen molar-refractivity contribution < 1.29 is 14.3 Å². The molecule has 116 valence electrons. The number of nitrogens with two attached hydrogens (primary N) is 1. The Labute approximate surface area is 125 Å². The van der Waals surface area contributed by atoms with Gasteiger partial charge in [0.1, 0.15) is 5.75 Å². The van der Waals surface area contributed by atoms with Crippen molar-refractivity contribution in [1.82, 2.24) is 0 Å². The standard InChI is InChI=1S/C15H23N3O3/c1-5-9(2)14(16)15(20)18-11-6-7-12(17-10(3)19)13(8-11)21-4/h6-9,14H,5,16H2,1-4H3,(H,17,19)(H,18,20). The van der Waals surface area contributed by atoms with Crippen molar-refractivity contribution in [2.45, 2.75) is 33.2 Å². The number of carbonyl (C=O) groups excluding carboxylic acids is 2. The summed E-state index contributed by atoms with van der Waals surface area (Å²) in [5.74, 6) is 0.146. The minimum absolute atomic E-state index is 0.102. The molecule has 2 unspecified atom stereocenters. The summed E-state index contributed by atoms with van der Waals surface area (Å²) >= 11 is 0. The average molecular weight is 293 g/mol. The van der Waals surface area contributed by atoms with Gasteiger partial charge in [-0.25, -0.2) is 0 Å². The molecule has 0 saturated carbocycles. The zero-order chi connectivity index (χ0) is 16.0. The molecule has 1 rings (SSSR count). The largest absolute Gasteiger partial charge is 0.494 e. The monoisotopic (exact) mass is 293 g/mol. The van der Waals surface area contributed by atoms with Crippen molar-refractivity contribution in [1.29, 1.82) is 0 Å².